The maximum atomic E-state index is 12.1. The lowest BCUT2D eigenvalue weighted by Crippen LogP contribution is -2.25. The average Bonchev–Trinajstić information content (AvgIpc) is 2.75. The second-order valence-electron chi connectivity index (χ2n) is 4.38. The molecule has 4 heteroatoms. The molecular formula is C14H17N3O. The summed E-state index contributed by atoms with van der Waals surface area (Å²) in [5.41, 5.74) is 3.87. The number of nitrogens with zero attached hydrogens (tertiary/aromatic N) is 2. The van der Waals surface area contributed by atoms with Crippen molar-refractivity contribution in [2.75, 3.05) is 0 Å². The lowest BCUT2D eigenvalue weighted by molar-refractivity contribution is 0.0949. The summed E-state index contributed by atoms with van der Waals surface area (Å²) in [6.45, 7) is 4.46. The molecule has 4 nitrogen and oxygen atoms in total. The van der Waals surface area contributed by atoms with Gasteiger partial charge in [-0.15, -0.1) is 0 Å². The molecule has 0 saturated carbocycles. The number of carbonyl (C=O) groups excluding carboxylic acids is 1. The van der Waals surface area contributed by atoms with Crippen LogP contribution in [0.1, 0.15) is 27.2 Å². The fourth-order valence-electron chi connectivity index (χ4n) is 1.84. The zero-order valence-corrected chi connectivity index (χ0v) is 10.9. The van der Waals surface area contributed by atoms with Crippen molar-refractivity contribution in [3.8, 4) is 0 Å². The fraction of sp³-hybridized carbons (Fsp3) is 0.286. The van der Waals surface area contributed by atoms with Crippen molar-refractivity contribution in [1.82, 2.24) is 15.1 Å². The van der Waals surface area contributed by atoms with E-state index in [-0.39, 0.29) is 5.91 Å². The topological polar surface area (TPSA) is 46.9 Å². The quantitative estimate of drug-likeness (QED) is 0.895. The van der Waals surface area contributed by atoms with Crippen LogP contribution < -0.4 is 5.32 Å². The highest BCUT2D eigenvalue weighted by Gasteiger charge is 2.10. The van der Waals surface area contributed by atoms with Crippen LogP contribution in [0.5, 0.6) is 0 Å². The lowest BCUT2D eigenvalue weighted by atomic mass is 10.0. The van der Waals surface area contributed by atoms with Gasteiger partial charge in [0.1, 0.15) is 0 Å². The third-order valence-corrected chi connectivity index (χ3v) is 3.20. The zero-order valence-electron chi connectivity index (χ0n) is 10.9. The van der Waals surface area contributed by atoms with Gasteiger partial charge in [-0.25, -0.2) is 0 Å². The van der Waals surface area contributed by atoms with Crippen molar-refractivity contribution >= 4 is 5.91 Å². The molecule has 1 N–H and O–H groups in total. The molecule has 0 radical (unpaired) electrons. The number of rotatable bonds is 3. The van der Waals surface area contributed by atoms with Crippen molar-refractivity contribution in [2.45, 2.75) is 20.4 Å². The predicted molar refractivity (Wildman–Crippen MR) is 70.3 cm³/mol. The first-order valence-electron chi connectivity index (χ1n) is 5.91. The lowest BCUT2D eigenvalue weighted by Gasteiger charge is -2.09. The number of aromatic nitrogens is 2. The molecule has 1 aromatic heterocycles. The minimum Gasteiger partial charge on any atom is -0.346 e. The number of aryl methyl sites for hydroxylation is 2. The molecule has 0 aliphatic rings. The number of carbonyl (C=O) groups is 1. The summed E-state index contributed by atoms with van der Waals surface area (Å²) in [6, 6.07) is 7.65. The molecule has 0 aliphatic heterocycles. The van der Waals surface area contributed by atoms with Gasteiger partial charge in [0.2, 0.25) is 0 Å². The van der Waals surface area contributed by atoms with Crippen LogP contribution in [0.4, 0.5) is 0 Å². The van der Waals surface area contributed by atoms with E-state index in [4.69, 9.17) is 0 Å². The summed E-state index contributed by atoms with van der Waals surface area (Å²) < 4.78 is 1.75. The summed E-state index contributed by atoms with van der Waals surface area (Å²) in [6.07, 6.45) is 1.72. The Hall–Kier alpha value is -2.10. The van der Waals surface area contributed by atoms with Crippen molar-refractivity contribution in [2.24, 2.45) is 7.05 Å². The van der Waals surface area contributed by atoms with Gasteiger partial charge in [0.25, 0.3) is 5.91 Å². The second kappa shape index (κ2) is 5.04. The summed E-state index contributed by atoms with van der Waals surface area (Å²) in [5.74, 6) is -0.0441. The van der Waals surface area contributed by atoms with Gasteiger partial charge >= 0.3 is 0 Å². The van der Waals surface area contributed by atoms with E-state index in [1.165, 1.54) is 0 Å². The predicted octanol–water partition coefficient (Wildman–Crippen LogP) is 1.97. The monoisotopic (exact) mass is 243 g/mol. The van der Waals surface area contributed by atoms with Gasteiger partial charge in [0.05, 0.1) is 12.2 Å². The molecule has 0 atom stereocenters. The molecule has 1 heterocycles. The third-order valence-electron chi connectivity index (χ3n) is 3.20. The first-order chi connectivity index (χ1) is 8.59. The van der Waals surface area contributed by atoms with Crippen molar-refractivity contribution in [3.63, 3.8) is 0 Å². The Labute approximate surface area is 107 Å². The van der Waals surface area contributed by atoms with Gasteiger partial charge in [-0.05, 0) is 37.1 Å². The smallest absolute Gasteiger partial charge is 0.251 e. The first-order valence-corrected chi connectivity index (χ1v) is 5.91. The molecule has 0 fully saturated rings. The van der Waals surface area contributed by atoms with Gasteiger partial charge in [0, 0.05) is 18.8 Å². The Morgan fingerprint density at radius 3 is 2.78 bits per heavy atom. The molecule has 1 amide bonds. The Morgan fingerprint density at radius 1 is 1.33 bits per heavy atom. The highest BCUT2D eigenvalue weighted by atomic mass is 16.1. The van der Waals surface area contributed by atoms with Crippen molar-refractivity contribution in [3.05, 3.63) is 52.8 Å². The van der Waals surface area contributed by atoms with E-state index >= 15 is 0 Å². The largest absolute Gasteiger partial charge is 0.346 e. The normalized spacial score (nSPS) is 10.4. The van der Waals surface area contributed by atoms with E-state index in [2.05, 4.69) is 10.4 Å². The van der Waals surface area contributed by atoms with E-state index in [0.29, 0.717) is 6.54 Å². The number of nitrogens with one attached hydrogen (secondary N) is 1. The standard InChI is InChI=1S/C14H17N3O/c1-10-5-4-6-13(11(10)2)14(18)15-9-12-7-8-16-17(12)3/h4-8H,9H2,1-3H3,(H,15,18). The Morgan fingerprint density at radius 2 is 2.11 bits per heavy atom. The van der Waals surface area contributed by atoms with Crippen LogP contribution >= 0.6 is 0 Å². The molecule has 2 aromatic rings. The first kappa shape index (κ1) is 12.4. The third kappa shape index (κ3) is 2.42. The molecule has 94 valence electrons. The molecule has 0 bridgehead atoms. The fourth-order valence-corrected chi connectivity index (χ4v) is 1.84. The summed E-state index contributed by atoms with van der Waals surface area (Å²) in [4.78, 5) is 12.1. The second-order valence-corrected chi connectivity index (χ2v) is 4.38. The highest BCUT2D eigenvalue weighted by Crippen LogP contribution is 2.12. The Kier molecular flexibility index (Phi) is 3.46. The number of hydrogen-bond donors (Lipinski definition) is 1. The van der Waals surface area contributed by atoms with E-state index in [1.54, 1.807) is 10.9 Å². The average molecular weight is 243 g/mol. The van der Waals surface area contributed by atoms with Crippen LogP contribution in [0.15, 0.2) is 30.5 Å². The van der Waals surface area contributed by atoms with Crippen LogP contribution in [0.3, 0.4) is 0 Å². The van der Waals surface area contributed by atoms with Crippen LogP contribution in [0, 0.1) is 13.8 Å². The summed E-state index contributed by atoms with van der Waals surface area (Å²) in [5, 5.41) is 6.97. The molecule has 0 unspecified atom stereocenters. The van der Waals surface area contributed by atoms with Gasteiger partial charge in [-0.3, -0.25) is 9.48 Å². The van der Waals surface area contributed by atoms with E-state index in [0.717, 1.165) is 22.4 Å². The molecule has 0 aliphatic carbocycles. The van der Waals surface area contributed by atoms with Gasteiger partial charge in [-0.2, -0.15) is 5.10 Å². The molecule has 2 rings (SSSR count). The van der Waals surface area contributed by atoms with Crippen molar-refractivity contribution in [1.29, 1.82) is 0 Å². The molecule has 0 spiro atoms. The Balaban J connectivity index is 2.09. The molecular weight excluding hydrogens is 226 g/mol. The van der Waals surface area contributed by atoms with Gasteiger partial charge < -0.3 is 5.32 Å². The highest BCUT2D eigenvalue weighted by molar-refractivity contribution is 5.95. The number of amides is 1. The number of benzene rings is 1. The van der Waals surface area contributed by atoms with Crippen LogP contribution in [0.25, 0.3) is 0 Å². The summed E-state index contributed by atoms with van der Waals surface area (Å²) >= 11 is 0. The van der Waals surface area contributed by atoms with Gasteiger partial charge in [-0.1, -0.05) is 12.1 Å². The van der Waals surface area contributed by atoms with Crippen molar-refractivity contribution < 1.29 is 4.79 Å². The maximum Gasteiger partial charge on any atom is 0.251 e. The van der Waals surface area contributed by atoms with Crippen LogP contribution in [0.2, 0.25) is 0 Å². The number of hydrogen-bond acceptors (Lipinski definition) is 2. The minimum absolute atomic E-state index is 0.0441. The summed E-state index contributed by atoms with van der Waals surface area (Å²) in [7, 11) is 1.86. The minimum atomic E-state index is -0.0441. The molecule has 0 saturated heterocycles. The molecule has 1 aromatic carbocycles. The van der Waals surface area contributed by atoms with Crippen LogP contribution in [-0.2, 0) is 13.6 Å². The van der Waals surface area contributed by atoms with Crippen LogP contribution in [-0.4, -0.2) is 15.7 Å². The van der Waals surface area contributed by atoms with E-state index in [9.17, 15) is 4.79 Å². The van der Waals surface area contributed by atoms with Gasteiger partial charge in [0.15, 0.2) is 0 Å². The Bertz CT molecular complexity index is 572. The molecule has 18 heavy (non-hydrogen) atoms. The zero-order chi connectivity index (χ0) is 13.1. The van der Waals surface area contributed by atoms with E-state index in [1.807, 2.05) is 45.2 Å². The SMILES string of the molecule is Cc1cccc(C(=O)NCc2ccnn2C)c1C. The maximum absolute atomic E-state index is 12.1. The van der Waals surface area contributed by atoms with E-state index < -0.39 is 0 Å².